The van der Waals surface area contributed by atoms with E-state index in [1.165, 1.54) is 0 Å². The van der Waals surface area contributed by atoms with Gasteiger partial charge in [0.05, 0.1) is 5.41 Å². The molecule has 1 atom stereocenters. The van der Waals surface area contributed by atoms with E-state index in [0.29, 0.717) is 6.54 Å². The smallest absolute Gasteiger partial charge is 0.227 e. The highest BCUT2D eigenvalue weighted by atomic mass is 16.2. The van der Waals surface area contributed by atoms with Crippen LogP contribution in [-0.2, 0) is 11.3 Å². The van der Waals surface area contributed by atoms with Crippen molar-refractivity contribution in [3.05, 3.63) is 35.9 Å². The molecular weight excluding hydrogens is 212 g/mol. The van der Waals surface area contributed by atoms with Gasteiger partial charge in [0.2, 0.25) is 5.91 Å². The molecule has 17 heavy (non-hydrogen) atoms. The lowest BCUT2D eigenvalue weighted by atomic mass is 9.83. The normalized spacial score (nSPS) is 23.6. The van der Waals surface area contributed by atoms with E-state index in [9.17, 15) is 4.79 Å². The standard InChI is InChI=1S/C14H20N2O/c1-2-14(8-9-15-11-14)13(17)16-10-12-6-4-3-5-7-12/h3-7,15H,2,8-11H2,1H3,(H,16,17)/t14-/m1/s1. The molecule has 3 heteroatoms. The summed E-state index contributed by atoms with van der Waals surface area (Å²) in [4.78, 5) is 12.2. The zero-order valence-electron chi connectivity index (χ0n) is 10.3. The van der Waals surface area contributed by atoms with Crippen molar-refractivity contribution >= 4 is 5.91 Å². The van der Waals surface area contributed by atoms with Gasteiger partial charge in [0.1, 0.15) is 0 Å². The molecule has 0 bridgehead atoms. The minimum atomic E-state index is -0.186. The first-order valence-electron chi connectivity index (χ1n) is 6.30. The molecular formula is C14H20N2O. The SMILES string of the molecule is CC[C@@]1(C(=O)NCc2ccccc2)CCNC1. The first kappa shape index (κ1) is 12.1. The molecule has 0 unspecified atom stereocenters. The lowest BCUT2D eigenvalue weighted by Gasteiger charge is -2.25. The molecule has 0 radical (unpaired) electrons. The Hall–Kier alpha value is -1.35. The van der Waals surface area contributed by atoms with Gasteiger partial charge < -0.3 is 10.6 Å². The number of hydrogen-bond acceptors (Lipinski definition) is 2. The van der Waals surface area contributed by atoms with E-state index < -0.39 is 0 Å². The first-order chi connectivity index (χ1) is 8.27. The molecule has 0 aliphatic carbocycles. The third-order valence-electron chi connectivity index (χ3n) is 3.70. The van der Waals surface area contributed by atoms with Crippen molar-refractivity contribution < 1.29 is 4.79 Å². The summed E-state index contributed by atoms with van der Waals surface area (Å²) < 4.78 is 0. The Bertz CT molecular complexity index is 369. The number of amides is 1. The molecule has 1 fully saturated rings. The number of nitrogens with one attached hydrogen (secondary N) is 2. The summed E-state index contributed by atoms with van der Waals surface area (Å²) in [6.45, 7) is 4.48. The monoisotopic (exact) mass is 232 g/mol. The van der Waals surface area contributed by atoms with E-state index in [4.69, 9.17) is 0 Å². The molecule has 2 N–H and O–H groups in total. The maximum atomic E-state index is 12.2. The highest BCUT2D eigenvalue weighted by Gasteiger charge is 2.39. The van der Waals surface area contributed by atoms with Crippen LogP contribution in [0.3, 0.4) is 0 Å². The van der Waals surface area contributed by atoms with Crippen molar-refractivity contribution in [2.45, 2.75) is 26.3 Å². The van der Waals surface area contributed by atoms with Crippen LogP contribution >= 0.6 is 0 Å². The largest absolute Gasteiger partial charge is 0.352 e. The minimum Gasteiger partial charge on any atom is -0.352 e. The van der Waals surface area contributed by atoms with Gasteiger partial charge in [0, 0.05) is 13.1 Å². The highest BCUT2D eigenvalue weighted by Crippen LogP contribution is 2.29. The van der Waals surface area contributed by atoms with Gasteiger partial charge >= 0.3 is 0 Å². The van der Waals surface area contributed by atoms with E-state index >= 15 is 0 Å². The zero-order valence-corrected chi connectivity index (χ0v) is 10.3. The van der Waals surface area contributed by atoms with E-state index in [1.54, 1.807) is 0 Å². The Morgan fingerprint density at radius 2 is 2.18 bits per heavy atom. The summed E-state index contributed by atoms with van der Waals surface area (Å²) in [5.41, 5.74) is 0.965. The van der Waals surface area contributed by atoms with Gasteiger partial charge in [-0.1, -0.05) is 37.3 Å². The average molecular weight is 232 g/mol. The Morgan fingerprint density at radius 1 is 1.41 bits per heavy atom. The van der Waals surface area contributed by atoms with Crippen LogP contribution in [0.4, 0.5) is 0 Å². The van der Waals surface area contributed by atoms with E-state index in [1.807, 2.05) is 30.3 Å². The van der Waals surface area contributed by atoms with Crippen molar-refractivity contribution in [3.8, 4) is 0 Å². The Balaban J connectivity index is 1.93. The summed E-state index contributed by atoms with van der Waals surface area (Å²) in [5.74, 6) is 0.189. The predicted octanol–water partition coefficient (Wildman–Crippen LogP) is 1.69. The molecule has 0 aromatic heterocycles. The predicted molar refractivity (Wildman–Crippen MR) is 68.5 cm³/mol. The Kier molecular flexibility index (Phi) is 3.79. The van der Waals surface area contributed by atoms with Crippen LogP contribution in [0.15, 0.2) is 30.3 Å². The molecule has 1 aromatic carbocycles. The number of carbonyl (C=O) groups excluding carboxylic acids is 1. The summed E-state index contributed by atoms with van der Waals surface area (Å²) in [7, 11) is 0. The first-order valence-corrected chi connectivity index (χ1v) is 6.30. The second-order valence-corrected chi connectivity index (χ2v) is 4.73. The molecule has 92 valence electrons. The van der Waals surface area contributed by atoms with Crippen molar-refractivity contribution in [3.63, 3.8) is 0 Å². The van der Waals surface area contributed by atoms with Crippen LogP contribution in [0.5, 0.6) is 0 Å². The van der Waals surface area contributed by atoms with E-state index in [-0.39, 0.29) is 11.3 Å². The van der Waals surface area contributed by atoms with Crippen molar-refractivity contribution in [2.75, 3.05) is 13.1 Å². The van der Waals surface area contributed by atoms with Gasteiger partial charge in [-0.05, 0) is 24.9 Å². The quantitative estimate of drug-likeness (QED) is 0.829. The van der Waals surface area contributed by atoms with Gasteiger partial charge in [0.25, 0.3) is 0 Å². The fraction of sp³-hybridized carbons (Fsp3) is 0.500. The highest BCUT2D eigenvalue weighted by molar-refractivity contribution is 5.83. The van der Waals surface area contributed by atoms with Crippen molar-refractivity contribution in [1.82, 2.24) is 10.6 Å². The van der Waals surface area contributed by atoms with Crippen LogP contribution < -0.4 is 10.6 Å². The van der Waals surface area contributed by atoms with Gasteiger partial charge in [-0.2, -0.15) is 0 Å². The fourth-order valence-electron chi connectivity index (χ4n) is 2.37. The second-order valence-electron chi connectivity index (χ2n) is 4.73. The molecule has 1 heterocycles. The molecule has 2 rings (SSSR count). The third-order valence-corrected chi connectivity index (χ3v) is 3.70. The van der Waals surface area contributed by atoms with Crippen LogP contribution in [0.1, 0.15) is 25.3 Å². The number of carbonyl (C=O) groups is 1. The van der Waals surface area contributed by atoms with Gasteiger partial charge in [-0.3, -0.25) is 4.79 Å². The Morgan fingerprint density at radius 3 is 2.76 bits per heavy atom. The molecule has 1 aliphatic rings. The van der Waals surface area contributed by atoms with E-state index in [2.05, 4.69) is 17.6 Å². The van der Waals surface area contributed by atoms with Gasteiger partial charge in [0.15, 0.2) is 0 Å². The lowest BCUT2D eigenvalue weighted by molar-refractivity contribution is -0.130. The van der Waals surface area contributed by atoms with Crippen molar-refractivity contribution in [1.29, 1.82) is 0 Å². The zero-order chi connectivity index (χ0) is 12.1. The summed E-state index contributed by atoms with van der Waals surface area (Å²) in [5, 5.41) is 6.34. The Labute approximate surface area is 103 Å². The van der Waals surface area contributed by atoms with Gasteiger partial charge in [-0.25, -0.2) is 0 Å². The third kappa shape index (κ3) is 2.67. The topological polar surface area (TPSA) is 41.1 Å². The van der Waals surface area contributed by atoms with Crippen LogP contribution in [0.25, 0.3) is 0 Å². The molecule has 1 amide bonds. The average Bonchev–Trinajstić information content (AvgIpc) is 2.87. The molecule has 0 saturated carbocycles. The molecule has 0 spiro atoms. The summed E-state index contributed by atoms with van der Waals surface area (Å²) in [6, 6.07) is 10.0. The molecule has 1 aromatic rings. The van der Waals surface area contributed by atoms with Crippen LogP contribution in [0.2, 0.25) is 0 Å². The maximum Gasteiger partial charge on any atom is 0.227 e. The maximum absolute atomic E-state index is 12.2. The lowest BCUT2D eigenvalue weighted by Crippen LogP contribution is -2.41. The molecule has 1 saturated heterocycles. The molecule has 1 aliphatic heterocycles. The van der Waals surface area contributed by atoms with Crippen LogP contribution in [0, 0.1) is 5.41 Å². The molecule has 3 nitrogen and oxygen atoms in total. The van der Waals surface area contributed by atoms with Crippen molar-refractivity contribution in [2.24, 2.45) is 5.41 Å². The summed E-state index contributed by atoms with van der Waals surface area (Å²) in [6.07, 6.45) is 1.85. The number of benzene rings is 1. The minimum absolute atomic E-state index is 0.186. The van der Waals surface area contributed by atoms with Crippen LogP contribution in [-0.4, -0.2) is 19.0 Å². The van der Waals surface area contributed by atoms with E-state index in [0.717, 1.165) is 31.5 Å². The summed E-state index contributed by atoms with van der Waals surface area (Å²) >= 11 is 0. The second kappa shape index (κ2) is 5.32. The number of hydrogen-bond donors (Lipinski definition) is 2. The van der Waals surface area contributed by atoms with Gasteiger partial charge in [-0.15, -0.1) is 0 Å². The number of rotatable bonds is 4. The fourth-order valence-corrected chi connectivity index (χ4v) is 2.37.